The van der Waals surface area contributed by atoms with Gasteiger partial charge in [-0.15, -0.1) is 0 Å². The van der Waals surface area contributed by atoms with Crippen LogP contribution < -0.4 is 5.43 Å². The Labute approximate surface area is 183 Å². The highest BCUT2D eigenvalue weighted by atomic mass is 35.5. The highest BCUT2D eigenvalue weighted by Crippen LogP contribution is 2.37. The minimum atomic E-state index is -0.638. The number of nitrogens with one attached hydrogen (secondary N) is 1. The minimum Gasteiger partial charge on any atom is -0.401 e. The second kappa shape index (κ2) is 8.54. The van der Waals surface area contributed by atoms with Crippen LogP contribution >= 0.6 is 58.8 Å². The van der Waals surface area contributed by atoms with Crippen LogP contribution in [0, 0.1) is 10.1 Å². The number of hydrogen-bond acceptors (Lipinski definition) is 7. The minimum absolute atomic E-state index is 0.231. The summed E-state index contributed by atoms with van der Waals surface area (Å²) in [4.78, 5) is 22.9. The molecule has 144 valence electrons. The van der Waals surface area contributed by atoms with Gasteiger partial charge >= 0.3 is 5.88 Å². The fourth-order valence-electron chi connectivity index (χ4n) is 2.10. The van der Waals surface area contributed by atoms with Gasteiger partial charge in [0.2, 0.25) is 0 Å². The molecule has 1 fully saturated rings. The van der Waals surface area contributed by atoms with Gasteiger partial charge < -0.3 is 4.42 Å². The van der Waals surface area contributed by atoms with Crippen molar-refractivity contribution < 1.29 is 14.1 Å². The summed E-state index contributed by atoms with van der Waals surface area (Å²) in [5, 5.41) is 12.6. The topological polar surface area (TPSA) is 88.6 Å². The summed E-state index contributed by atoms with van der Waals surface area (Å²) in [5.41, 5.74) is 3.09. The Bertz CT molecular complexity index is 1030. The second-order valence-corrected chi connectivity index (χ2v) is 8.11. The number of nitrogens with zero attached hydrogens (tertiary/aromatic N) is 2. The number of amides is 1. The third-order valence-electron chi connectivity index (χ3n) is 3.32. The SMILES string of the molecule is O=C1/C(=C\C=C\c2ccc([N+](=O)[O-])o2)SC(=S)N1Nc1c(Cl)cc(Cl)cc1Cl. The highest BCUT2D eigenvalue weighted by Gasteiger charge is 2.33. The Kier molecular flexibility index (Phi) is 6.31. The van der Waals surface area contributed by atoms with E-state index < -0.39 is 10.8 Å². The van der Waals surface area contributed by atoms with Crippen molar-refractivity contribution in [3.8, 4) is 0 Å². The average Bonchev–Trinajstić information content (AvgIpc) is 3.18. The van der Waals surface area contributed by atoms with Crippen LogP contribution in [0.3, 0.4) is 0 Å². The number of thioether (sulfide) groups is 1. The van der Waals surface area contributed by atoms with Gasteiger partial charge in [-0.2, -0.15) is 0 Å². The van der Waals surface area contributed by atoms with Crippen LogP contribution in [0.15, 0.2) is 45.7 Å². The molecule has 1 saturated heterocycles. The molecular weight excluding hydrogens is 469 g/mol. The van der Waals surface area contributed by atoms with E-state index in [0.29, 0.717) is 15.6 Å². The fraction of sp³-hybridized carbons (Fsp3) is 0. The predicted octanol–water partition coefficient (Wildman–Crippen LogP) is 5.93. The first kappa shape index (κ1) is 20.7. The molecule has 12 heteroatoms. The van der Waals surface area contributed by atoms with Gasteiger partial charge in [-0.05, 0) is 42.6 Å². The van der Waals surface area contributed by atoms with Crippen molar-refractivity contribution in [1.29, 1.82) is 0 Å². The molecule has 0 unspecified atom stereocenters. The molecule has 0 aliphatic carbocycles. The van der Waals surface area contributed by atoms with Gasteiger partial charge in [-0.25, -0.2) is 5.01 Å². The van der Waals surface area contributed by atoms with E-state index in [9.17, 15) is 14.9 Å². The number of anilines is 1. The van der Waals surface area contributed by atoms with Gasteiger partial charge in [-0.3, -0.25) is 20.3 Å². The standard InChI is InChI=1S/C16H8Cl3N3O4S2/c17-8-6-10(18)14(11(19)7-8)20-21-15(23)12(28-16(21)27)3-1-2-9-4-5-13(26-9)22(24)25/h1-7,20H/b2-1+,12-3+. The quantitative estimate of drug-likeness (QED) is 0.247. The molecule has 1 N–H and O–H groups in total. The first-order valence-corrected chi connectivity index (χ1v) is 9.72. The molecule has 2 aromatic rings. The Morgan fingerprint density at radius 2 is 1.93 bits per heavy atom. The lowest BCUT2D eigenvalue weighted by Crippen LogP contribution is -2.34. The van der Waals surface area contributed by atoms with Crippen LogP contribution in [0.2, 0.25) is 15.1 Å². The molecule has 0 radical (unpaired) electrons. The van der Waals surface area contributed by atoms with Gasteiger partial charge in [0, 0.05) is 5.02 Å². The monoisotopic (exact) mass is 475 g/mol. The van der Waals surface area contributed by atoms with Gasteiger partial charge in [0.1, 0.15) is 10.7 Å². The number of carbonyl (C=O) groups excluding carboxylic acids is 1. The summed E-state index contributed by atoms with van der Waals surface area (Å²) in [7, 11) is 0. The maximum absolute atomic E-state index is 12.6. The first-order chi connectivity index (χ1) is 13.3. The molecule has 0 spiro atoms. The number of rotatable bonds is 5. The van der Waals surface area contributed by atoms with Crippen LogP contribution in [0.25, 0.3) is 6.08 Å². The lowest BCUT2D eigenvalue weighted by Gasteiger charge is -2.19. The van der Waals surface area contributed by atoms with Gasteiger partial charge in [0.25, 0.3) is 5.91 Å². The van der Waals surface area contributed by atoms with Gasteiger partial charge in [0.05, 0.1) is 26.7 Å². The van der Waals surface area contributed by atoms with Crippen molar-refractivity contribution in [2.45, 2.75) is 0 Å². The fourth-order valence-corrected chi connectivity index (χ4v) is 4.13. The van der Waals surface area contributed by atoms with Crippen molar-refractivity contribution in [3.63, 3.8) is 0 Å². The third-order valence-corrected chi connectivity index (χ3v) is 5.46. The summed E-state index contributed by atoms with van der Waals surface area (Å²) < 4.78 is 5.25. The molecule has 2 heterocycles. The van der Waals surface area contributed by atoms with E-state index in [-0.39, 0.29) is 26.0 Å². The molecule has 1 aromatic carbocycles. The average molecular weight is 477 g/mol. The van der Waals surface area contributed by atoms with Crippen molar-refractivity contribution in [3.05, 3.63) is 72.3 Å². The molecule has 7 nitrogen and oxygen atoms in total. The first-order valence-electron chi connectivity index (χ1n) is 7.36. The molecule has 0 atom stereocenters. The molecule has 28 heavy (non-hydrogen) atoms. The molecule has 0 saturated carbocycles. The Morgan fingerprint density at radius 1 is 1.25 bits per heavy atom. The van der Waals surface area contributed by atoms with E-state index >= 15 is 0 Å². The maximum Gasteiger partial charge on any atom is 0.433 e. The number of furan rings is 1. The van der Waals surface area contributed by atoms with Crippen LogP contribution in [-0.4, -0.2) is 20.2 Å². The Morgan fingerprint density at radius 3 is 2.54 bits per heavy atom. The zero-order valence-corrected chi connectivity index (χ0v) is 17.4. The van der Waals surface area contributed by atoms with Crippen molar-refractivity contribution in [2.75, 3.05) is 5.43 Å². The molecule has 1 aliphatic heterocycles. The smallest absolute Gasteiger partial charge is 0.401 e. The molecule has 1 aromatic heterocycles. The number of hydrogen-bond donors (Lipinski definition) is 1. The lowest BCUT2D eigenvalue weighted by molar-refractivity contribution is -0.402. The second-order valence-electron chi connectivity index (χ2n) is 5.19. The van der Waals surface area contributed by atoms with Crippen molar-refractivity contribution >= 4 is 86.7 Å². The number of halogens is 3. The van der Waals surface area contributed by atoms with Crippen LogP contribution in [-0.2, 0) is 4.79 Å². The predicted molar refractivity (Wildman–Crippen MR) is 115 cm³/mol. The Hall–Kier alpha value is -2.04. The zero-order valence-electron chi connectivity index (χ0n) is 13.5. The number of benzene rings is 1. The number of allylic oxidation sites excluding steroid dienone is 2. The summed E-state index contributed by atoms with van der Waals surface area (Å²) in [6, 6.07) is 5.65. The number of thiocarbonyl (C=S) groups is 1. The third kappa shape index (κ3) is 4.50. The van der Waals surface area contributed by atoms with Crippen molar-refractivity contribution in [2.24, 2.45) is 0 Å². The summed E-state index contributed by atoms with van der Waals surface area (Å²) in [6.07, 6.45) is 4.53. The number of hydrazine groups is 1. The number of nitro groups is 1. The van der Waals surface area contributed by atoms with E-state index in [4.69, 9.17) is 51.4 Å². The van der Waals surface area contributed by atoms with Crippen LogP contribution in [0.5, 0.6) is 0 Å². The van der Waals surface area contributed by atoms with E-state index in [1.165, 1.54) is 42.5 Å². The van der Waals surface area contributed by atoms with Gasteiger partial charge in [0.15, 0.2) is 4.32 Å². The lowest BCUT2D eigenvalue weighted by atomic mass is 10.3. The molecular formula is C16H8Cl3N3O4S2. The Balaban J connectivity index is 1.75. The van der Waals surface area contributed by atoms with E-state index in [1.807, 2.05) is 0 Å². The summed E-state index contributed by atoms with van der Waals surface area (Å²) in [5.74, 6) is -0.504. The van der Waals surface area contributed by atoms with Crippen LogP contribution in [0.4, 0.5) is 11.6 Å². The van der Waals surface area contributed by atoms with E-state index in [0.717, 1.165) is 16.8 Å². The summed E-state index contributed by atoms with van der Waals surface area (Å²) in [6.45, 7) is 0. The van der Waals surface area contributed by atoms with Crippen LogP contribution in [0.1, 0.15) is 5.76 Å². The zero-order chi connectivity index (χ0) is 20.4. The number of carbonyl (C=O) groups is 1. The maximum atomic E-state index is 12.6. The van der Waals surface area contributed by atoms with Crippen molar-refractivity contribution in [1.82, 2.24) is 5.01 Å². The highest BCUT2D eigenvalue weighted by molar-refractivity contribution is 8.26. The molecule has 0 bridgehead atoms. The van der Waals surface area contributed by atoms with Gasteiger partial charge in [-0.1, -0.05) is 52.6 Å². The molecule has 1 aliphatic rings. The largest absolute Gasteiger partial charge is 0.433 e. The normalized spacial score (nSPS) is 15.8. The molecule has 3 rings (SSSR count). The molecule has 1 amide bonds. The van der Waals surface area contributed by atoms with E-state index in [2.05, 4.69) is 5.43 Å². The van der Waals surface area contributed by atoms with E-state index in [1.54, 1.807) is 0 Å². The summed E-state index contributed by atoms with van der Waals surface area (Å²) >= 11 is 24.4.